The van der Waals surface area contributed by atoms with Crippen LogP contribution in [0.3, 0.4) is 0 Å². The molecule has 2 aromatic carbocycles. The van der Waals surface area contributed by atoms with Crippen molar-refractivity contribution in [1.82, 2.24) is 19.2 Å². The van der Waals surface area contributed by atoms with E-state index in [1.807, 2.05) is 95.0 Å². The van der Waals surface area contributed by atoms with Crippen LogP contribution in [-0.4, -0.2) is 25.2 Å². The number of carbonyl (C=O) groups excluding carboxylic acids is 1. The number of benzene rings is 2. The SMILES string of the molecule is Cc1cccn2c(NC(=O)Nc3c4c(nn3-c3ccccc3)CCCC4)c(-c3ccccc3)nc12. The van der Waals surface area contributed by atoms with Gasteiger partial charge in [0.15, 0.2) is 0 Å². The van der Waals surface area contributed by atoms with Gasteiger partial charge in [-0.05, 0) is 56.4 Å². The highest BCUT2D eigenvalue weighted by Crippen LogP contribution is 2.32. The third-order valence-corrected chi connectivity index (χ3v) is 6.51. The van der Waals surface area contributed by atoms with Crippen molar-refractivity contribution in [2.45, 2.75) is 32.6 Å². The van der Waals surface area contributed by atoms with Gasteiger partial charge < -0.3 is 0 Å². The third kappa shape index (κ3) is 3.85. The maximum absolute atomic E-state index is 13.5. The minimum atomic E-state index is -0.323. The van der Waals surface area contributed by atoms with Gasteiger partial charge in [0, 0.05) is 17.3 Å². The third-order valence-electron chi connectivity index (χ3n) is 6.51. The van der Waals surface area contributed by atoms with Gasteiger partial charge in [0.25, 0.3) is 0 Å². The van der Waals surface area contributed by atoms with E-state index in [9.17, 15) is 4.79 Å². The minimum absolute atomic E-state index is 0.323. The van der Waals surface area contributed by atoms with Crippen LogP contribution in [0.2, 0.25) is 0 Å². The molecule has 2 amide bonds. The van der Waals surface area contributed by atoms with Gasteiger partial charge in [-0.2, -0.15) is 5.10 Å². The van der Waals surface area contributed by atoms with Crippen molar-refractivity contribution in [3.8, 4) is 16.9 Å². The van der Waals surface area contributed by atoms with Gasteiger partial charge in [-0.25, -0.2) is 14.5 Å². The number of fused-ring (bicyclic) bond motifs is 2. The molecule has 2 N–H and O–H groups in total. The highest BCUT2D eigenvalue weighted by Gasteiger charge is 2.24. The highest BCUT2D eigenvalue weighted by atomic mass is 16.2. The molecule has 0 radical (unpaired) electrons. The van der Waals surface area contributed by atoms with Gasteiger partial charge in [0.05, 0.1) is 11.4 Å². The number of urea groups is 1. The highest BCUT2D eigenvalue weighted by molar-refractivity contribution is 6.02. The summed E-state index contributed by atoms with van der Waals surface area (Å²) >= 11 is 0. The topological polar surface area (TPSA) is 76.2 Å². The number of nitrogens with one attached hydrogen (secondary N) is 2. The molecule has 1 aliphatic carbocycles. The Hall–Kier alpha value is -4.39. The quantitative estimate of drug-likeness (QED) is 0.343. The Labute approximate surface area is 203 Å². The van der Waals surface area contributed by atoms with Crippen LogP contribution in [0.15, 0.2) is 79.0 Å². The Kier molecular flexibility index (Phi) is 5.29. The number of nitrogens with zero attached hydrogens (tertiary/aromatic N) is 4. The van der Waals surface area contributed by atoms with Gasteiger partial charge >= 0.3 is 6.03 Å². The van der Waals surface area contributed by atoms with E-state index in [0.29, 0.717) is 5.82 Å². The predicted octanol–water partition coefficient (Wildman–Crippen LogP) is 6.02. The summed E-state index contributed by atoms with van der Waals surface area (Å²) in [7, 11) is 0. The number of aromatic nitrogens is 4. The summed E-state index contributed by atoms with van der Waals surface area (Å²) in [6, 6.07) is 23.5. The number of aryl methyl sites for hydroxylation is 2. The zero-order chi connectivity index (χ0) is 23.8. The molecule has 0 bridgehead atoms. The Morgan fingerprint density at radius 3 is 2.37 bits per heavy atom. The van der Waals surface area contributed by atoms with Gasteiger partial charge in [0.2, 0.25) is 0 Å². The molecule has 0 fully saturated rings. The smallest absolute Gasteiger partial charge is 0.292 e. The lowest BCUT2D eigenvalue weighted by Crippen LogP contribution is -2.23. The number of rotatable bonds is 4. The fourth-order valence-corrected chi connectivity index (χ4v) is 4.80. The number of anilines is 2. The number of imidazole rings is 1. The van der Waals surface area contributed by atoms with Crippen LogP contribution in [-0.2, 0) is 12.8 Å². The largest absolute Gasteiger partial charge is 0.326 e. The van der Waals surface area contributed by atoms with Gasteiger partial charge in [-0.1, -0.05) is 54.6 Å². The molecule has 0 unspecified atom stereocenters. The molecule has 0 saturated carbocycles. The van der Waals surface area contributed by atoms with Crippen molar-refractivity contribution in [3.63, 3.8) is 0 Å². The van der Waals surface area contributed by atoms with Gasteiger partial charge in [0.1, 0.15) is 23.0 Å². The summed E-state index contributed by atoms with van der Waals surface area (Å²) in [5.41, 5.74) is 6.62. The van der Waals surface area contributed by atoms with Crippen LogP contribution in [0.4, 0.5) is 16.4 Å². The second-order valence-corrected chi connectivity index (χ2v) is 8.87. The van der Waals surface area contributed by atoms with Crippen LogP contribution in [0, 0.1) is 6.92 Å². The number of hydrogen-bond acceptors (Lipinski definition) is 3. The van der Waals surface area contributed by atoms with Crippen molar-refractivity contribution in [2.75, 3.05) is 10.6 Å². The fourth-order valence-electron chi connectivity index (χ4n) is 4.80. The molecule has 3 aromatic heterocycles. The van der Waals surface area contributed by atoms with Crippen molar-refractivity contribution >= 4 is 23.3 Å². The van der Waals surface area contributed by atoms with Crippen LogP contribution in [0.25, 0.3) is 22.6 Å². The Bertz CT molecular complexity index is 1520. The number of hydrogen-bond donors (Lipinski definition) is 2. The van der Waals surface area contributed by atoms with E-state index in [4.69, 9.17) is 10.1 Å². The number of para-hydroxylation sites is 1. The molecule has 1 aliphatic rings. The molecule has 5 aromatic rings. The predicted molar refractivity (Wildman–Crippen MR) is 138 cm³/mol. The molecule has 7 nitrogen and oxygen atoms in total. The Morgan fingerprint density at radius 1 is 0.857 bits per heavy atom. The first kappa shape index (κ1) is 21.2. The summed E-state index contributed by atoms with van der Waals surface area (Å²) < 4.78 is 3.79. The van der Waals surface area contributed by atoms with Crippen LogP contribution in [0.5, 0.6) is 0 Å². The molecule has 0 atom stereocenters. The molecular weight excluding hydrogens is 436 g/mol. The van der Waals surface area contributed by atoms with E-state index in [0.717, 1.165) is 70.9 Å². The van der Waals surface area contributed by atoms with Crippen LogP contribution < -0.4 is 10.6 Å². The summed E-state index contributed by atoms with van der Waals surface area (Å²) in [5, 5.41) is 11.1. The zero-order valence-corrected chi connectivity index (χ0v) is 19.5. The number of pyridine rings is 1. The van der Waals surface area contributed by atoms with E-state index in [2.05, 4.69) is 10.6 Å². The van der Waals surface area contributed by atoms with Crippen molar-refractivity contribution in [2.24, 2.45) is 0 Å². The molecular formula is C28H26N6O. The van der Waals surface area contributed by atoms with Crippen LogP contribution >= 0.6 is 0 Å². The van der Waals surface area contributed by atoms with Crippen molar-refractivity contribution in [1.29, 1.82) is 0 Å². The van der Waals surface area contributed by atoms with E-state index in [1.165, 1.54) is 0 Å². The van der Waals surface area contributed by atoms with Gasteiger partial charge in [-0.15, -0.1) is 0 Å². The van der Waals surface area contributed by atoms with Crippen molar-refractivity contribution in [3.05, 3.63) is 95.8 Å². The summed E-state index contributed by atoms with van der Waals surface area (Å²) in [4.78, 5) is 18.3. The summed E-state index contributed by atoms with van der Waals surface area (Å²) in [5.74, 6) is 1.36. The molecule has 0 saturated heterocycles. The Balaban J connectivity index is 1.39. The normalized spacial score (nSPS) is 12.9. The number of amides is 2. The molecule has 7 heteroatoms. The molecule has 174 valence electrons. The first-order valence-corrected chi connectivity index (χ1v) is 12.0. The molecule has 0 aliphatic heterocycles. The van der Waals surface area contributed by atoms with E-state index < -0.39 is 0 Å². The fraction of sp³-hybridized carbons (Fsp3) is 0.179. The number of carbonyl (C=O) groups is 1. The molecule has 0 spiro atoms. The maximum Gasteiger partial charge on any atom is 0.326 e. The average molecular weight is 463 g/mol. The molecule has 3 heterocycles. The first-order valence-electron chi connectivity index (χ1n) is 12.0. The molecule has 6 rings (SSSR count). The lowest BCUT2D eigenvalue weighted by molar-refractivity contribution is 0.262. The van der Waals surface area contributed by atoms with Gasteiger partial charge in [-0.3, -0.25) is 15.0 Å². The second-order valence-electron chi connectivity index (χ2n) is 8.87. The second kappa shape index (κ2) is 8.76. The zero-order valence-electron chi connectivity index (χ0n) is 19.5. The van der Waals surface area contributed by atoms with Crippen molar-refractivity contribution < 1.29 is 4.79 Å². The minimum Gasteiger partial charge on any atom is -0.292 e. The Morgan fingerprint density at radius 2 is 1.57 bits per heavy atom. The first-order chi connectivity index (χ1) is 17.2. The molecule has 35 heavy (non-hydrogen) atoms. The summed E-state index contributed by atoms with van der Waals surface area (Å²) in [6.07, 6.45) is 5.96. The van der Waals surface area contributed by atoms with E-state index in [-0.39, 0.29) is 6.03 Å². The summed E-state index contributed by atoms with van der Waals surface area (Å²) in [6.45, 7) is 2.02. The lowest BCUT2D eigenvalue weighted by Gasteiger charge is -2.14. The monoisotopic (exact) mass is 462 g/mol. The average Bonchev–Trinajstić information content (AvgIpc) is 3.45. The maximum atomic E-state index is 13.5. The van der Waals surface area contributed by atoms with E-state index >= 15 is 0 Å². The lowest BCUT2D eigenvalue weighted by atomic mass is 9.97. The van der Waals surface area contributed by atoms with E-state index in [1.54, 1.807) is 0 Å². The van der Waals surface area contributed by atoms with Crippen LogP contribution in [0.1, 0.15) is 29.7 Å². The standard InChI is InChI=1S/C28H26N6O/c1-19-11-10-18-33-25(19)29-24(20-12-4-2-5-13-20)27(33)31-28(35)30-26-22-16-8-9-17-23(22)32-34(26)21-14-6-3-7-15-21/h2-7,10-15,18H,8-9,16-17H2,1H3,(H2,30,31,35).